The summed E-state index contributed by atoms with van der Waals surface area (Å²) in [4.78, 5) is 18.6. The first-order valence-electron chi connectivity index (χ1n) is 8.92. The summed E-state index contributed by atoms with van der Waals surface area (Å²) >= 11 is 1.54. The summed E-state index contributed by atoms with van der Waals surface area (Å²) in [5, 5.41) is 3.31. The van der Waals surface area contributed by atoms with Crippen LogP contribution >= 0.6 is 11.3 Å². The van der Waals surface area contributed by atoms with Crippen molar-refractivity contribution in [3.63, 3.8) is 0 Å². The highest BCUT2D eigenvalue weighted by molar-refractivity contribution is 7.14. The molecule has 0 saturated heterocycles. The van der Waals surface area contributed by atoms with Gasteiger partial charge in [0.2, 0.25) is 0 Å². The number of aryl methyl sites for hydroxylation is 1. The minimum atomic E-state index is -0.250. The molecule has 3 aromatic heterocycles. The lowest BCUT2D eigenvalue weighted by atomic mass is 10.0. The van der Waals surface area contributed by atoms with Crippen LogP contribution in [0, 0.1) is 6.92 Å². The summed E-state index contributed by atoms with van der Waals surface area (Å²) < 4.78 is 1.58. The molecule has 0 aliphatic carbocycles. The Morgan fingerprint density at radius 1 is 1.18 bits per heavy atom. The molecule has 4 aromatic rings. The third kappa shape index (κ3) is 3.15. The van der Waals surface area contributed by atoms with Gasteiger partial charge < -0.3 is 5.73 Å². The second kappa shape index (κ2) is 7.10. The maximum atomic E-state index is 13.1. The van der Waals surface area contributed by atoms with Crippen molar-refractivity contribution in [2.75, 3.05) is 10.7 Å². The van der Waals surface area contributed by atoms with Crippen LogP contribution in [0.25, 0.3) is 15.9 Å². The molecule has 0 aliphatic rings. The van der Waals surface area contributed by atoms with Gasteiger partial charge in [-0.1, -0.05) is 12.1 Å². The molecule has 0 aliphatic heterocycles. The van der Waals surface area contributed by atoms with Crippen LogP contribution in [0.2, 0.25) is 0 Å². The van der Waals surface area contributed by atoms with Crippen LogP contribution in [0.5, 0.6) is 0 Å². The van der Waals surface area contributed by atoms with E-state index in [0.717, 1.165) is 26.3 Å². The Balaban J connectivity index is 1.76. The van der Waals surface area contributed by atoms with Gasteiger partial charge in [-0.3, -0.25) is 19.4 Å². The molecule has 0 fully saturated rings. The maximum absolute atomic E-state index is 13.1. The van der Waals surface area contributed by atoms with Crippen molar-refractivity contribution in [3.8, 4) is 5.00 Å². The number of nitrogens with two attached hydrogens (primary N) is 2. The first-order chi connectivity index (χ1) is 13.5. The third-order valence-corrected chi connectivity index (χ3v) is 5.85. The van der Waals surface area contributed by atoms with Crippen LogP contribution in [0.1, 0.15) is 23.4 Å². The Bertz CT molecular complexity index is 1210. The number of pyridine rings is 2. The fourth-order valence-electron chi connectivity index (χ4n) is 3.23. The van der Waals surface area contributed by atoms with E-state index in [1.54, 1.807) is 34.4 Å². The molecule has 28 heavy (non-hydrogen) atoms. The summed E-state index contributed by atoms with van der Waals surface area (Å²) in [5.74, 6) is 6.40. The van der Waals surface area contributed by atoms with Gasteiger partial charge in [-0.25, -0.2) is 5.84 Å². The predicted molar refractivity (Wildman–Crippen MR) is 116 cm³/mol. The number of anilines is 2. The molecule has 0 bridgehead atoms. The lowest BCUT2D eigenvalue weighted by Crippen LogP contribution is -2.39. The largest absolute Gasteiger partial charge is 0.397 e. The van der Waals surface area contributed by atoms with Gasteiger partial charge in [-0.15, -0.1) is 11.3 Å². The van der Waals surface area contributed by atoms with Gasteiger partial charge >= 0.3 is 0 Å². The predicted octanol–water partition coefficient (Wildman–Crippen LogP) is 3.78. The standard InChI is InChI=1S/C21H21N5OS/c1-13-5-8-19(28-13)25-11-9-17(22)20(21(25)27)26(23)14(2)15-6-7-18-16(12-15)4-3-10-24-18/h3-12,14H,22-23H2,1-2H3/t14-/m0/s1. The van der Waals surface area contributed by atoms with Crippen LogP contribution in [0.4, 0.5) is 11.4 Å². The number of nitrogens with zero attached hydrogens (tertiary/aromatic N) is 3. The van der Waals surface area contributed by atoms with E-state index < -0.39 is 0 Å². The van der Waals surface area contributed by atoms with E-state index in [0.29, 0.717) is 5.69 Å². The van der Waals surface area contributed by atoms with Crippen molar-refractivity contribution in [3.05, 3.63) is 81.7 Å². The normalized spacial score (nSPS) is 12.2. The lowest BCUT2D eigenvalue weighted by Gasteiger charge is -2.27. The summed E-state index contributed by atoms with van der Waals surface area (Å²) in [7, 11) is 0. The summed E-state index contributed by atoms with van der Waals surface area (Å²) in [6.45, 7) is 3.95. The van der Waals surface area contributed by atoms with Gasteiger partial charge in [0.25, 0.3) is 5.56 Å². The maximum Gasteiger partial charge on any atom is 0.282 e. The Morgan fingerprint density at radius 3 is 2.75 bits per heavy atom. The highest BCUT2D eigenvalue weighted by atomic mass is 32.1. The van der Waals surface area contributed by atoms with Crippen LogP contribution in [-0.4, -0.2) is 9.55 Å². The van der Waals surface area contributed by atoms with Gasteiger partial charge in [0.15, 0.2) is 0 Å². The fraction of sp³-hybridized carbons (Fsp3) is 0.143. The second-order valence-corrected chi connectivity index (χ2v) is 7.98. The van der Waals surface area contributed by atoms with Gasteiger partial charge in [0, 0.05) is 22.7 Å². The SMILES string of the molecule is Cc1ccc(-n2ccc(N)c(N(N)[C@@H](C)c3ccc4ncccc4c3)c2=O)s1. The number of rotatable bonds is 4. The second-order valence-electron chi connectivity index (χ2n) is 6.72. The van der Waals surface area contributed by atoms with Crippen molar-refractivity contribution in [2.24, 2.45) is 5.84 Å². The zero-order valence-corrected chi connectivity index (χ0v) is 16.5. The van der Waals surface area contributed by atoms with Crippen LogP contribution in [-0.2, 0) is 0 Å². The number of thiophene rings is 1. The van der Waals surface area contributed by atoms with E-state index in [9.17, 15) is 4.79 Å². The number of benzene rings is 1. The van der Waals surface area contributed by atoms with E-state index >= 15 is 0 Å². The molecule has 3 heterocycles. The zero-order chi connectivity index (χ0) is 19.8. The van der Waals surface area contributed by atoms with E-state index in [-0.39, 0.29) is 17.3 Å². The molecule has 4 N–H and O–H groups in total. The van der Waals surface area contributed by atoms with E-state index in [1.165, 1.54) is 5.01 Å². The Kier molecular flexibility index (Phi) is 4.62. The topological polar surface area (TPSA) is 90.2 Å². The summed E-state index contributed by atoms with van der Waals surface area (Å²) in [6.07, 6.45) is 3.45. The molecule has 0 unspecified atom stereocenters. The number of hydrogen-bond donors (Lipinski definition) is 2. The Labute approximate surface area is 166 Å². The monoisotopic (exact) mass is 391 g/mol. The molecule has 0 radical (unpaired) electrons. The molecular formula is C21H21N5OS. The number of aromatic nitrogens is 2. The number of nitrogen functional groups attached to an aromatic ring is 1. The quantitative estimate of drug-likeness (QED) is 0.408. The van der Waals surface area contributed by atoms with E-state index in [1.807, 2.05) is 56.3 Å². The smallest absolute Gasteiger partial charge is 0.282 e. The van der Waals surface area contributed by atoms with Crippen molar-refractivity contribution >= 4 is 33.6 Å². The molecular weight excluding hydrogens is 370 g/mol. The number of fused-ring (bicyclic) bond motifs is 1. The van der Waals surface area contributed by atoms with Crippen molar-refractivity contribution < 1.29 is 0 Å². The lowest BCUT2D eigenvalue weighted by molar-refractivity contribution is 0.692. The molecule has 1 atom stereocenters. The number of hydrogen-bond acceptors (Lipinski definition) is 6. The third-order valence-electron chi connectivity index (χ3n) is 4.85. The molecule has 0 amide bonds. The average Bonchev–Trinajstić information content (AvgIpc) is 3.13. The van der Waals surface area contributed by atoms with Crippen molar-refractivity contribution in [1.29, 1.82) is 0 Å². The zero-order valence-electron chi connectivity index (χ0n) is 15.7. The Hall–Kier alpha value is -3.16. The fourth-order valence-corrected chi connectivity index (χ4v) is 4.08. The average molecular weight is 392 g/mol. The van der Waals surface area contributed by atoms with Gasteiger partial charge in [0.05, 0.1) is 17.2 Å². The minimum absolute atomic E-state index is 0.237. The molecule has 4 rings (SSSR count). The van der Waals surface area contributed by atoms with Crippen LogP contribution in [0.3, 0.4) is 0 Å². The molecule has 0 spiro atoms. The van der Waals surface area contributed by atoms with Gasteiger partial charge in [-0.2, -0.15) is 0 Å². The summed E-state index contributed by atoms with van der Waals surface area (Å²) in [5.41, 5.74) is 8.43. The summed E-state index contributed by atoms with van der Waals surface area (Å²) in [6, 6.07) is 15.2. The first kappa shape index (κ1) is 18.2. The van der Waals surface area contributed by atoms with Crippen molar-refractivity contribution in [1.82, 2.24) is 9.55 Å². The van der Waals surface area contributed by atoms with E-state index in [2.05, 4.69) is 4.98 Å². The van der Waals surface area contributed by atoms with Crippen LogP contribution in [0.15, 0.2) is 65.7 Å². The first-order valence-corrected chi connectivity index (χ1v) is 9.74. The molecule has 1 aromatic carbocycles. The van der Waals surface area contributed by atoms with E-state index in [4.69, 9.17) is 11.6 Å². The highest BCUT2D eigenvalue weighted by Gasteiger charge is 2.21. The number of hydrazine groups is 1. The molecule has 6 nitrogen and oxygen atoms in total. The minimum Gasteiger partial charge on any atom is -0.397 e. The Morgan fingerprint density at radius 2 is 2.00 bits per heavy atom. The molecule has 0 saturated carbocycles. The molecule has 142 valence electrons. The van der Waals surface area contributed by atoms with Gasteiger partial charge in [-0.05, 0) is 55.8 Å². The van der Waals surface area contributed by atoms with Crippen molar-refractivity contribution in [2.45, 2.75) is 19.9 Å². The van der Waals surface area contributed by atoms with Gasteiger partial charge in [0.1, 0.15) is 10.7 Å². The van der Waals surface area contributed by atoms with Crippen LogP contribution < -0.4 is 22.1 Å². The molecule has 7 heteroatoms. The highest BCUT2D eigenvalue weighted by Crippen LogP contribution is 2.28.